The number of ketones is 1. The molecule has 0 atom stereocenters. The Labute approximate surface area is 104 Å². The number of hydrogen-bond donors (Lipinski definition) is 0. The van der Waals surface area contributed by atoms with Gasteiger partial charge in [-0.25, -0.2) is 4.39 Å². The third kappa shape index (κ3) is 3.26. The third-order valence-corrected chi connectivity index (χ3v) is 2.33. The average Bonchev–Trinajstić information content (AvgIpc) is 2.25. The molecule has 0 N–H and O–H groups in total. The van der Waals surface area contributed by atoms with E-state index in [1.54, 1.807) is 20.8 Å². The third-order valence-electron chi connectivity index (χ3n) is 2.33. The van der Waals surface area contributed by atoms with Crippen LogP contribution in [0.1, 0.15) is 20.8 Å². The van der Waals surface area contributed by atoms with Crippen LogP contribution in [0, 0.1) is 21.3 Å². The smallest absolute Gasteiger partial charge is 0.314 e. The van der Waals surface area contributed by atoms with Crippen LogP contribution in [0.15, 0.2) is 18.2 Å². The van der Waals surface area contributed by atoms with Crippen molar-refractivity contribution in [2.75, 3.05) is 6.61 Å². The first-order valence-electron chi connectivity index (χ1n) is 5.32. The molecule has 0 saturated carbocycles. The number of nitro groups is 1. The number of ether oxygens (including phenoxy) is 1. The van der Waals surface area contributed by atoms with Crippen molar-refractivity contribution in [3.8, 4) is 5.75 Å². The molecule has 1 rings (SSSR count). The Hall–Kier alpha value is -1.98. The van der Waals surface area contributed by atoms with E-state index in [1.807, 2.05) is 0 Å². The number of Topliss-reactive ketones (excluding diaryl/α,β-unsaturated/α-hetero) is 1. The van der Waals surface area contributed by atoms with Gasteiger partial charge in [-0.1, -0.05) is 26.8 Å². The lowest BCUT2D eigenvalue weighted by Crippen LogP contribution is -2.26. The van der Waals surface area contributed by atoms with Crippen LogP contribution in [-0.4, -0.2) is 17.3 Å². The van der Waals surface area contributed by atoms with E-state index >= 15 is 0 Å². The maximum Gasteiger partial charge on any atom is 0.314 e. The number of rotatable bonds is 4. The fraction of sp³-hybridized carbons (Fsp3) is 0.417. The summed E-state index contributed by atoms with van der Waals surface area (Å²) in [5, 5.41) is 10.7. The predicted octanol–water partition coefficient (Wildman–Crippen LogP) is 2.73. The molecule has 0 spiro atoms. The zero-order chi connectivity index (χ0) is 13.9. The van der Waals surface area contributed by atoms with Crippen molar-refractivity contribution in [1.82, 2.24) is 0 Å². The monoisotopic (exact) mass is 255 g/mol. The van der Waals surface area contributed by atoms with Crippen LogP contribution in [-0.2, 0) is 4.79 Å². The summed E-state index contributed by atoms with van der Waals surface area (Å²) in [6, 6.07) is 3.38. The lowest BCUT2D eigenvalue weighted by molar-refractivity contribution is -0.386. The van der Waals surface area contributed by atoms with Crippen LogP contribution in [0.5, 0.6) is 5.75 Å². The van der Waals surface area contributed by atoms with Crippen molar-refractivity contribution in [1.29, 1.82) is 0 Å². The van der Waals surface area contributed by atoms with Crippen molar-refractivity contribution >= 4 is 11.5 Å². The first kappa shape index (κ1) is 14.1. The van der Waals surface area contributed by atoms with Gasteiger partial charge in [0.25, 0.3) is 0 Å². The molecule has 0 aliphatic rings. The normalized spacial score (nSPS) is 11.1. The molecule has 0 amide bonds. The Morgan fingerprint density at radius 2 is 2.06 bits per heavy atom. The molecule has 0 aliphatic heterocycles. The van der Waals surface area contributed by atoms with E-state index in [4.69, 9.17) is 4.74 Å². The molecule has 18 heavy (non-hydrogen) atoms. The minimum absolute atomic E-state index is 0.264. The number of carbonyl (C=O) groups excluding carboxylic acids is 1. The molecule has 6 heteroatoms. The Morgan fingerprint density at radius 3 is 2.56 bits per heavy atom. The van der Waals surface area contributed by atoms with Crippen molar-refractivity contribution < 1.29 is 18.8 Å². The van der Waals surface area contributed by atoms with Crippen molar-refractivity contribution in [3.63, 3.8) is 0 Å². The van der Waals surface area contributed by atoms with Crippen LogP contribution < -0.4 is 4.74 Å². The molecule has 0 fully saturated rings. The Bertz CT molecular complexity index is 479. The highest BCUT2D eigenvalue weighted by atomic mass is 19.1. The number of carbonyl (C=O) groups is 1. The van der Waals surface area contributed by atoms with Gasteiger partial charge >= 0.3 is 5.69 Å². The van der Waals surface area contributed by atoms with Crippen LogP contribution in [0.25, 0.3) is 0 Å². The number of halogens is 1. The summed E-state index contributed by atoms with van der Waals surface area (Å²) in [5.74, 6) is -1.62. The standard InChI is InChI=1S/C12H14FNO4/c1-12(2,3)10(15)7-18-11-8(13)5-4-6-9(11)14(16)17/h4-6H,7H2,1-3H3. The van der Waals surface area contributed by atoms with Crippen LogP contribution >= 0.6 is 0 Å². The second-order valence-electron chi connectivity index (χ2n) is 4.81. The van der Waals surface area contributed by atoms with E-state index in [2.05, 4.69) is 0 Å². The molecule has 1 aromatic carbocycles. The summed E-state index contributed by atoms with van der Waals surface area (Å²) in [5.41, 5.74) is -1.13. The van der Waals surface area contributed by atoms with Crippen molar-refractivity contribution in [2.24, 2.45) is 5.41 Å². The topological polar surface area (TPSA) is 69.4 Å². The number of hydrogen-bond acceptors (Lipinski definition) is 4. The molecule has 0 unspecified atom stereocenters. The van der Waals surface area contributed by atoms with Gasteiger partial charge in [0.2, 0.25) is 5.75 Å². The van der Waals surface area contributed by atoms with Crippen molar-refractivity contribution in [3.05, 3.63) is 34.1 Å². The Balaban J connectivity index is 2.92. The van der Waals surface area contributed by atoms with Gasteiger partial charge in [-0.3, -0.25) is 14.9 Å². The highest BCUT2D eigenvalue weighted by molar-refractivity contribution is 5.85. The van der Waals surface area contributed by atoms with Gasteiger partial charge < -0.3 is 4.74 Å². The second-order valence-corrected chi connectivity index (χ2v) is 4.81. The van der Waals surface area contributed by atoms with Gasteiger partial charge in [0.1, 0.15) is 6.61 Å². The molecule has 0 radical (unpaired) electrons. The van der Waals surface area contributed by atoms with Gasteiger partial charge in [0, 0.05) is 11.5 Å². The summed E-state index contributed by atoms with van der Waals surface area (Å²) in [7, 11) is 0. The lowest BCUT2D eigenvalue weighted by atomic mass is 9.91. The van der Waals surface area contributed by atoms with Gasteiger partial charge in [0.05, 0.1) is 4.92 Å². The maximum atomic E-state index is 13.4. The van der Waals surface area contributed by atoms with Crippen LogP contribution in [0.4, 0.5) is 10.1 Å². The fourth-order valence-corrected chi connectivity index (χ4v) is 1.14. The number of benzene rings is 1. The molecule has 0 saturated heterocycles. The summed E-state index contributed by atoms with van der Waals surface area (Å²) in [4.78, 5) is 21.6. The van der Waals surface area contributed by atoms with E-state index < -0.39 is 34.2 Å². The summed E-state index contributed by atoms with van der Waals surface area (Å²) >= 11 is 0. The van der Waals surface area contributed by atoms with E-state index in [0.29, 0.717) is 0 Å². The highest BCUT2D eigenvalue weighted by Crippen LogP contribution is 2.30. The molecular formula is C12H14FNO4. The Morgan fingerprint density at radius 1 is 1.44 bits per heavy atom. The van der Waals surface area contributed by atoms with Gasteiger partial charge in [-0.2, -0.15) is 0 Å². The summed E-state index contributed by atoms with van der Waals surface area (Å²) < 4.78 is 18.4. The molecule has 98 valence electrons. The predicted molar refractivity (Wildman–Crippen MR) is 63.0 cm³/mol. The second kappa shape index (κ2) is 5.12. The van der Waals surface area contributed by atoms with E-state index in [-0.39, 0.29) is 5.78 Å². The minimum atomic E-state index is -0.856. The van der Waals surface area contributed by atoms with E-state index in [0.717, 1.165) is 12.1 Å². The van der Waals surface area contributed by atoms with E-state index in [9.17, 15) is 19.3 Å². The highest BCUT2D eigenvalue weighted by Gasteiger charge is 2.25. The molecule has 0 aliphatic carbocycles. The van der Waals surface area contributed by atoms with Crippen LogP contribution in [0.3, 0.4) is 0 Å². The Kier molecular flexibility index (Phi) is 4.00. The zero-order valence-corrected chi connectivity index (χ0v) is 10.4. The minimum Gasteiger partial charge on any atom is -0.477 e. The van der Waals surface area contributed by atoms with Gasteiger partial charge in [-0.05, 0) is 6.07 Å². The molecular weight excluding hydrogens is 241 g/mol. The van der Waals surface area contributed by atoms with Crippen LogP contribution in [0.2, 0.25) is 0 Å². The molecule has 1 aromatic rings. The first-order valence-corrected chi connectivity index (χ1v) is 5.32. The molecule has 5 nitrogen and oxygen atoms in total. The fourth-order valence-electron chi connectivity index (χ4n) is 1.14. The van der Waals surface area contributed by atoms with Crippen molar-refractivity contribution in [2.45, 2.75) is 20.8 Å². The first-order chi connectivity index (χ1) is 8.23. The number of nitrogens with zero attached hydrogens (tertiary/aromatic N) is 1. The van der Waals surface area contributed by atoms with E-state index in [1.165, 1.54) is 6.07 Å². The summed E-state index contributed by atoms with van der Waals surface area (Å²) in [6.45, 7) is 4.67. The maximum absolute atomic E-state index is 13.4. The largest absolute Gasteiger partial charge is 0.477 e. The molecule has 0 heterocycles. The average molecular weight is 255 g/mol. The van der Waals surface area contributed by atoms with Gasteiger partial charge in [-0.15, -0.1) is 0 Å². The number of nitro benzene ring substituents is 1. The molecule has 0 aromatic heterocycles. The molecule has 0 bridgehead atoms. The quantitative estimate of drug-likeness (QED) is 0.612. The zero-order valence-electron chi connectivity index (χ0n) is 10.4. The number of para-hydroxylation sites is 1. The SMILES string of the molecule is CC(C)(C)C(=O)COc1c(F)cccc1[N+](=O)[O-]. The lowest BCUT2D eigenvalue weighted by Gasteiger charge is -2.16. The van der Waals surface area contributed by atoms with Gasteiger partial charge in [0.15, 0.2) is 11.6 Å². The summed E-state index contributed by atoms with van der Waals surface area (Å²) in [6.07, 6.45) is 0.